The lowest BCUT2D eigenvalue weighted by atomic mass is 9.99. The average molecular weight is 221 g/mol. The molecule has 0 amide bonds. The fraction of sp³-hybridized carbons (Fsp3) is 0.538. The van der Waals surface area contributed by atoms with Crippen LogP contribution in [0.15, 0.2) is 12.1 Å². The highest BCUT2D eigenvalue weighted by Gasteiger charge is 2.18. The quantitative estimate of drug-likeness (QED) is 0.811. The fourth-order valence-electron chi connectivity index (χ4n) is 2.37. The molecule has 1 aliphatic carbocycles. The predicted molar refractivity (Wildman–Crippen MR) is 63.7 cm³/mol. The van der Waals surface area contributed by atoms with Gasteiger partial charge in [-0.3, -0.25) is 0 Å². The standard InChI is InChI=1S/C13H19NO2/c1-16-13-8-10-4-2-3-9(10)7-11(13)12(15)5-6-14/h7-8,12,15H,2-6,14H2,1H3. The van der Waals surface area contributed by atoms with Crippen LogP contribution >= 0.6 is 0 Å². The molecular weight excluding hydrogens is 202 g/mol. The Bertz CT molecular complexity index is 376. The Morgan fingerprint density at radius 2 is 2.06 bits per heavy atom. The monoisotopic (exact) mass is 221 g/mol. The van der Waals surface area contributed by atoms with Crippen molar-refractivity contribution in [2.24, 2.45) is 5.73 Å². The van der Waals surface area contributed by atoms with Gasteiger partial charge in [-0.15, -0.1) is 0 Å². The molecule has 3 heteroatoms. The van der Waals surface area contributed by atoms with Crippen molar-refractivity contribution in [3.63, 3.8) is 0 Å². The summed E-state index contributed by atoms with van der Waals surface area (Å²) in [5.41, 5.74) is 9.07. The molecule has 0 bridgehead atoms. The van der Waals surface area contributed by atoms with E-state index in [0.29, 0.717) is 13.0 Å². The van der Waals surface area contributed by atoms with Crippen molar-refractivity contribution in [3.8, 4) is 5.75 Å². The van der Waals surface area contributed by atoms with E-state index in [1.807, 2.05) is 0 Å². The normalized spacial score (nSPS) is 15.9. The molecular formula is C13H19NO2. The first-order chi connectivity index (χ1) is 7.76. The number of methoxy groups -OCH3 is 1. The summed E-state index contributed by atoms with van der Waals surface area (Å²) < 4.78 is 5.34. The summed E-state index contributed by atoms with van der Waals surface area (Å²) in [7, 11) is 1.65. The molecule has 3 N–H and O–H groups in total. The van der Waals surface area contributed by atoms with E-state index in [-0.39, 0.29) is 0 Å². The molecule has 0 aromatic heterocycles. The molecule has 1 atom stereocenters. The Morgan fingerprint density at radius 3 is 2.69 bits per heavy atom. The fourth-order valence-corrected chi connectivity index (χ4v) is 2.37. The van der Waals surface area contributed by atoms with Crippen molar-refractivity contribution >= 4 is 0 Å². The van der Waals surface area contributed by atoms with E-state index in [9.17, 15) is 5.11 Å². The molecule has 0 saturated heterocycles. The second-order valence-electron chi connectivity index (χ2n) is 4.31. The van der Waals surface area contributed by atoms with Gasteiger partial charge in [0.1, 0.15) is 5.75 Å². The summed E-state index contributed by atoms with van der Waals surface area (Å²) in [5.74, 6) is 0.793. The van der Waals surface area contributed by atoms with Crippen LogP contribution in [0.2, 0.25) is 0 Å². The molecule has 0 radical (unpaired) electrons. The van der Waals surface area contributed by atoms with Crippen LogP contribution in [-0.2, 0) is 12.8 Å². The Kier molecular flexibility index (Phi) is 3.46. The number of aryl methyl sites for hydroxylation is 2. The van der Waals surface area contributed by atoms with Gasteiger partial charge < -0.3 is 15.6 Å². The van der Waals surface area contributed by atoms with E-state index < -0.39 is 6.10 Å². The Hall–Kier alpha value is -1.06. The first-order valence-corrected chi connectivity index (χ1v) is 5.84. The molecule has 0 saturated carbocycles. The van der Waals surface area contributed by atoms with Gasteiger partial charge in [0, 0.05) is 5.56 Å². The minimum atomic E-state index is -0.508. The number of ether oxygens (including phenoxy) is 1. The van der Waals surface area contributed by atoms with Gasteiger partial charge >= 0.3 is 0 Å². The summed E-state index contributed by atoms with van der Waals surface area (Å²) in [5, 5.41) is 10.0. The van der Waals surface area contributed by atoms with E-state index in [1.54, 1.807) is 7.11 Å². The molecule has 0 fully saturated rings. The van der Waals surface area contributed by atoms with Gasteiger partial charge in [-0.1, -0.05) is 0 Å². The second-order valence-corrected chi connectivity index (χ2v) is 4.31. The lowest BCUT2D eigenvalue weighted by Gasteiger charge is -2.16. The maximum absolute atomic E-state index is 10.0. The van der Waals surface area contributed by atoms with Gasteiger partial charge in [-0.2, -0.15) is 0 Å². The lowest BCUT2D eigenvalue weighted by molar-refractivity contribution is 0.166. The summed E-state index contributed by atoms with van der Waals surface area (Å²) in [6.45, 7) is 0.488. The summed E-state index contributed by atoms with van der Waals surface area (Å²) in [6, 6.07) is 4.15. The van der Waals surface area contributed by atoms with Gasteiger partial charge in [0.2, 0.25) is 0 Å². The van der Waals surface area contributed by atoms with Gasteiger partial charge in [-0.05, 0) is 55.5 Å². The molecule has 3 nitrogen and oxygen atoms in total. The van der Waals surface area contributed by atoms with Crippen molar-refractivity contribution in [1.82, 2.24) is 0 Å². The molecule has 0 spiro atoms. The highest BCUT2D eigenvalue weighted by Crippen LogP contribution is 2.34. The van der Waals surface area contributed by atoms with E-state index in [0.717, 1.165) is 24.2 Å². The molecule has 0 aliphatic heterocycles. The number of benzene rings is 1. The number of nitrogens with two attached hydrogens (primary N) is 1. The highest BCUT2D eigenvalue weighted by molar-refractivity contribution is 5.45. The van der Waals surface area contributed by atoms with Gasteiger partial charge in [-0.25, -0.2) is 0 Å². The second kappa shape index (κ2) is 4.85. The average Bonchev–Trinajstić information content (AvgIpc) is 2.74. The van der Waals surface area contributed by atoms with Crippen molar-refractivity contribution in [2.75, 3.05) is 13.7 Å². The third-order valence-electron chi connectivity index (χ3n) is 3.24. The Balaban J connectivity index is 2.35. The van der Waals surface area contributed by atoms with Gasteiger partial charge in [0.25, 0.3) is 0 Å². The minimum absolute atomic E-state index is 0.488. The SMILES string of the molecule is COc1cc2c(cc1C(O)CCN)CCC2. The molecule has 1 aliphatic rings. The zero-order valence-electron chi connectivity index (χ0n) is 9.70. The number of rotatable bonds is 4. The van der Waals surface area contributed by atoms with Gasteiger partial charge in [0.05, 0.1) is 13.2 Å². The van der Waals surface area contributed by atoms with E-state index in [1.165, 1.54) is 17.5 Å². The third-order valence-corrected chi connectivity index (χ3v) is 3.24. The van der Waals surface area contributed by atoms with Crippen LogP contribution in [0.1, 0.15) is 35.6 Å². The third kappa shape index (κ3) is 2.06. The molecule has 16 heavy (non-hydrogen) atoms. The number of aliphatic hydroxyl groups is 1. The topological polar surface area (TPSA) is 55.5 Å². The maximum atomic E-state index is 10.0. The highest BCUT2D eigenvalue weighted by atomic mass is 16.5. The van der Waals surface area contributed by atoms with Gasteiger partial charge in [0.15, 0.2) is 0 Å². The smallest absolute Gasteiger partial charge is 0.124 e. The van der Waals surface area contributed by atoms with E-state index >= 15 is 0 Å². The number of fused-ring (bicyclic) bond motifs is 1. The predicted octanol–water partition coefficient (Wildman–Crippen LogP) is 1.57. The first-order valence-electron chi connectivity index (χ1n) is 5.84. The van der Waals surface area contributed by atoms with Crippen molar-refractivity contribution in [1.29, 1.82) is 0 Å². The van der Waals surface area contributed by atoms with Crippen molar-refractivity contribution in [2.45, 2.75) is 31.8 Å². The summed E-state index contributed by atoms with van der Waals surface area (Å²) in [6.07, 6.45) is 3.51. The summed E-state index contributed by atoms with van der Waals surface area (Å²) in [4.78, 5) is 0. The Morgan fingerprint density at radius 1 is 1.38 bits per heavy atom. The zero-order valence-corrected chi connectivity index (χ0v) is 9.70. The van der Waals surface area contributed by atoms with Crippen molar-refractivity contribution in [3.05, 3.63) is 28.8 Å². The number of hydrogen-bond donors (Lipinski definition) is 2. The zero-order chi connectivity index (χ0) is 11.5. The van der Waals surface area contributed by atoms with Crippen LogP contribution in [-0.4, -0.2) is 18.8 Å². The van der Waals surface area contributed by atoms with Crippen LogP contribution in [0.4, 0.5) is 0 Å². The van der Waals surface area contributed by atoms with Crippen LogP contribution in [0.3, 0.4) is 0 Å². The molecule has 2 rings (SSSR count). The molecule has 88 valence electrons. The molecule has 1 aromatic carbocycles. The lowest BCUT2D eigenvalue weighted by Crippen LogP contribution is -2.08. The first kappa shape index (κ1) is 11.4. The van der Waals surface area contributed by atoms with E-state index in [4.69, 9.17) is 10.5 Å². The van der Waals surface area contributed by atoms with Crippen LogP contribution in [0.5, 0.6) is 5.75 Å². The van der Waals surface area contributed by atoms with E-state index in [2.05, 4.69) is 12.1 Å². The molecule has 1 aromatic rings. The maximum Gasteiger partial charge on any atom is 0.124 e. The van der Waals surface area contributed by atoms with Crippen LogP contribution in [0, 0.1) is 0 Å². The molecule has 0 heterocycles. The molecule has 1 unspecified atom stereocenters. The van der Waals surface area contributed by atoms with Crippen LogP contribution < -0.4 is 10.5 Å². The number of hydrogen-bond acceptors (Lipinski definition) is 3. The Labute approximate surface area is 96.2 Å². The van der Waals surface area contributed by atoms with Crippen molar-refractivity contribution < 1.29 is 9.84 Å². The minimum Gasteiger partial charge on any atom is -0.496 e. The largest absolute Gasteiger partial charge is 0.496 e. The summed E-state index contributed by atoms with van der Waals surface area (Å²) >= 11 is 0. The van der Waals surface area contributed by atoms with Crippen LogP contribution in [0.25, 0.3) is 0 Å². The number of aliphatic hydroxyl groups excluding tert-OH is 1.